The summed E-state index contributed by atoms with van der Waals surface area (Å²) in [6.45, 7) is 0.457. The molecule has 3 aromatic carbocycles. The van der Waals surface area contributed by atoms with E-state index in [-0.39, 0.29) is 10.6 Å². The second-order valence-electron chi connectivity index (χ2n) is 6.58. The molecule has 6 nitrogen and oxygen atoms in total. The second-order valence-corrected chi connectivity index (χ2v) is 6.58. The number of nitro benzene ring substituents is 1. The first kappa shape index (κ1) is 18.4. The molecule has 1 heterocycles. The quantitative estimate of drug-likeness (QED) is 0.339. The van der Waals surface area contributed by atoms with Gasteiger partial charge < -0.3 is 9.30 Å². The Labute approximate surface area is 168 Å². The largest absolute Gasteiger partial charge is 0.497 e. The number of non-ortho nitro benzene ring substituents is 1. The van der Waals surface area contributed by atoms with Crippen LogP contribution in [0.25, 0.3) is 22.5 Å². The number of methoxy groups -OCH3 is 1. The predicted octanol–water partition coefficient (Wildman–Crippen LogP) is 5.18. The average Bonchev–Trinajstić information content (AvgIpc) is 3.22. The van der Waals surface area contributed by atoms with E-state index in [4.69, 9.17) is 4.74 Å². The monoisotopic (exact) mass is 385 g/mol. The van der Waals surface area contributed by atoms with Crippen molar-refractivity contribution >= 4 is 5.69 Å². The van der Waals surface area contributed by atoms with E-state index in [9.17, 15) is 10.1 Å². The Morgan fingerprint density at radius 3 is 2.55 bits per heavy atom. The van der Waals surface area contributed by atoms with Crippen LogP contribution in [-0.2, 0) is 6.54 Å². The van der Waals surface area contributed by atoms with Crippen LogP contribution in [0.4, 0.5) is 5.69 Å². The minimum absolute atomic E-state index is 0.0720. The van der Waals surface area contributed by atoms with Gasteiger partial charge in [0.25, 0.3) is 5.69 Å². The molecule has 0 amide bonds. The molecule has 0 N–H and O–H groups in total. The summed E-state index contributed by atoms with van der Waals surface area (Å²) in [4.78, 5) is 15.5. The first-order valence-electron chi connectivity index (χ1n) is 9.14. The summed E-state index contributed by atoms with van der Waals surface area (Å²) in [6, 6.07) is 22.5. The van der Waals surface area contributed by atoms with Crippen molar-refractivity contribution in [1.29, 1.82) is 0 Å². The van der Waals surface area contributed by atoms with Crippen molar-refractivity contribution in [1.82, 2.24) is 9.55 Å². The van der Waals surface area contributed by atoms with Gasteiger partial charge in [0.05, 0.1) is 12.0 Å². The summed E-state index contributed by atoms with van der Waals surface area (Å²) in [6.07, 6.45) is 3.61. The zero-order chi connectivity index (χ0) is 20.2. The van der Waals surface area contributed by atoms with Crippen LogP contribution in [0.3, 0.4) is 0 Å². The maximum atomic E-state index is 11.3. The van der Waals surface area contributed by atoms with Crippen molar-refractivity contribution in [3.05, 3.63) is 101 Å². The number of ether oxygens (including phenoxy) is 1. The Morgan fingerprint density at radius 1 is 1.00 bits per heavy atom. The van der Waals surface area contributed by atoms with E-state index in [0.717, 1.165) is 33.8 Å². The Hall–Kier alpha value is -3.93. The predicted molar refractivity (Wildman–Crippen MR) is 112 cm³/mol. The average molecular weight is 385 g/mol. The third-order valence-electron chi connectivity index (χ3n) is 4.77. The molecule has 6 heteroatoms. The standard InChI is InChI=1S/C23H19N3O3/c1-29-21-9-5-8-18(15-21)23-24-12-13-25(23)16-19-14-20(26(27)28)10-11-22(19)17-6-3-2-4-7-17/h2-15H,16H2,1H3. The van der Waals surface area contributed by atoms with Crippen LogP contribution in [-0.4, -0.2) is 21.6 Å². The first-order valence-corrected chi connectivity index (χ1v) is 9.14. The Morgan fingerprint density at radius 2 is 1.79 bits per heavy atom. The minimum atomic E-state index is -0.366. The molecule has 29 heavy (non-hydrogen) atoms. The van der Waals surface area contributed by atoms with E-state index in [2.05, 4.69) is 4.98 Å². The Bertz CT molecular complexity index is 1150. The normalized spacial score (nSPS) is 10.7. The number of benzene rings is 3. The van der Waals surface area contributed by atoms with Gasteiger partial charge in [0, 0.05) is 36.6 Å². The lowest BCUT2D eigenvalue weighted by Crippen LogP contribution is -2.04. The smallest absolute Gasteiger partial charge is 0.269 e. The summed E-state index contributed by atoms with van der Waals surface area (Å²) in [7, 11) is 1.63. The Balaban J connectivity index is 1.78. The van der Waals surface area contributed by atoms with E-state index in [1.54, 1.807) is 25.4 Å². The highest BCUT2D eigenvalue weighted by molar-refractivity contribution is 5.69. The van der Waals surface area contributed by atoms with E-state index in [1.165, 1.54) is 0 Å². The molecule has 4 rings (SSSR count). The molecule has 0 spiro atoms. The molecule has 144 valence electrons. The van der Waals surface area contributed by atoms with Crippen LogP contribution in [0.1, 0.15) is 5.56 Å². The fraction of sp³-hybridized carbons (Fsp3) is 0.0870. The molecule has 0 radical (unpaired) electrons. The Kier molecular flexibility index (Phi) is 5.07. The van der Waals surface area contributed by atoms with Gasteiger partial charge in [0.1, 0.15) is 11.6 Å². The van der Waals surface area contributed by atoms with Crippen molar-refractivity contribution in [2.45, 2.75) is 6.54 Å². The molecule has 0 unspecified atom stereocenters. The number of hydrogen-bond acceptors (Lipinski definition) is 4. The highest BCUT2D eigenvalue weighted by atomic mass is 16.6. The van der Waals surface area contributed by atoms with Gasteiger partial charge in [-0.15, -0.1) is 0 Å². The number of aromatic nitrogens is 2. The van der Waals surface area contributed by atoms with Gasteiger partial charge in [-0.3, -0.25) is 10.1 Å². The van der Waals surface area contributed by atoms with Crippen molar-refractivity contribution in [2.24, 2.45) is 0 Å². The van der Waals surface area contributed by atoms with Gasteiger partial charge in [0.15, 0.2) is 0 Å². The van der Waals surface area contributed by atoms with Crippen LogP contribution < -0.4 is 4.74 Å². The summed E-state index contributed by atoms with van der Waals surface area (Å²) >= 11 is 0. The molecule has 1 aromatic heterocycles. The molecule has 0 atom stereocenters. The maximum Gasteiger partial charge on any atom is 0.269 e. The van der Waals surface area contributed by atoms with Crippen LogP contribution in [0.5, 0.6) is 5.75 Å². The molecule has 4 aromatic rings. The van der Waals surface area contributed by atoms with Crippen LogP contribution in [0.2, 0.25) is 0 Å². The topological polar surface area (TPSA) is 70.2 Å². The van der Waals surface area contributed by atoms with E-state index >= 15 is 0 Å². The van der Waals surface area contributed by atoms with E-state index in [1.807, 2.05) is 71.4 Å². The van der Waals surface area contributed by atoms with Crippen molar-refractivity contribution in [3.8, 4) is 28.3 Å². The number of hydrogen-bond donors (Lipinski definition) is 0. The first-order chi connectivity index (χ1) is 14.2. The molecule has 0 aliphatic rings. The number of imidazole rings is 1. The van der Waals surface area contributed by atoms with Crippen LogP contribution in [0, 0.1) is 10.1 Å². The molecule has 0 aliphatic heterocycles. The second kappa shape index (κ2) is 7.98. The molecular formula is C23H19N3O3. The lowest BCUT2D eigenvalue weighted by Gasteiger charge is -2.13. The van der Waals surface area contributed by atoms with E-state index in [0.29, 0.717) is 6.54 Å². The highest BCUT2D eigenvalue weighted by Crippen LogP contribution is 2.30. The summed E-state index contributed by atoms with van der Waals surface area (Å²) in [5.74, 6) is 1.52. The molecule has 0 aliphatic carbocycles. The molecule has 0 bridgehead atoms. The number of nitrogens with zero attached hydrogens (tertiary/aromatic N) is 3. The van der Waals surface area contributed by atoms with Crippen LogP contribution in [0.15, 0.2) is 85.2 Å². The lowest BCUT2D eigenvalue weighted by atomic mass is 9.99. The SMILES string of the molecule is COc1cccc(-c2nccn2Cc2cc([N+](=O)[O-])ccc2-c2ccccc2)c1. The number of nitro groups is 1. The summed E-state index contributed by atoms with van der Waals surface area (Å²) in [5, 5.41) is 11.3. The maximum absolute atomic E-state index is 11.3. The number of rotatable bonds is 6. The fourth-order valence-corrected chi connectivity index (χ4v) is 3.37. The van der Waals surface area contributed by atoms with Gasteiger partial charge in [0.2, 0.25) is 0 Å². The van der Waals surface area contributed by atoms with Gasteiger partial charge in [-0.25, -0.2) is 4.98 Å². The summed E-state index contributed by atoms with van der Waals surface area (Å²) < 4.78 is 7.30. The molecular weight excluding hydrogens is 366 g/mol. The zero-order valence-corrected chi connectivity index (χ0v) is 15.9. The van der Waals surface area contributed by atoms with Gasteiger partial charge in [-0.1, -0.05) is 42.5 Å². The van der Waals surface area contributed by atoms with Gasteiger partial charge >= 0.3 is 0 Å². The third-order valence-corrected chi connectivity index (χ3v) is 4.77. The molecule has 0 fully saturated rings. The van der Waals surface area contributed by atoms with E-state index < -0.39 is 0 Å². The molecule has 0 saturated carbocycles. The fourth-order valence-electron chi connectivity index (χ4n) is 3.37. The lowest BCUT2D eigenvalue weighted by molar-refractivity contribution is -0.384. The molecule has 0 saturated heterocycles. The van der Waals surface area contributed by atoms with Crippen molar-refractivity contribution < 1.29 is 9.66 Å². The third kappa shape index (κ3) is 3.87. The van der Waals surface area contributed by atoms with Gasteiger partial charge in [-0.2, -0.15) is 0 Å². The van der Waals surface area contributed by atoms with Crippen molar-refractivity contribution in [2.75, 3.05) is 7.11 Å². The highest BCUT2D eigenvalue weighted by Gasteiger charge is 2.15. The minimum Gasteiger partial charge on any atom is -0.497 e. The van der Waals surface area contributed by atoms with Gasteiger partial charge in [-0.05, 0) is 34.9 Å². The zero-order valence-electron chi connectivity index (χ0n) is 15.9. The summed E-state index contributed by atoms with van der Waals surface area (Å²) in [5.41, 5.74) is 3.82. The van der Waals surface area contributed by atoms with Crippen molar-refractivity contribution in [3.63, 3.8) is 0 Å². The van der Waals surface area contributed by atoms with Crippen LogP contribution >= 0.6 is 0 Å².